The Balaban J connectivity index is 2.17. The van der Waals surface area contributed by atoms with Gasteiger partial charge in [-0.15, -0.1) is 0 Å². The van der Waals surface area contributed by atoms with Gasteiger partial charge in [-0.2, -0.15) is 5.26 Å². The second-order valence-electron chi connectivity index (χ2n) is 4.13. The van der Waals surface area contributed by atoms with Crippen molar-refractivity contribution in [1.82, 2.24) is 14.9 Å². The van der Waals surface area contributed by atoms with Crippen molar-refractivity contribution in [3.8, 4) is 6.07 Å². The van der Waals surface area contributed by atoms with Gasteiger partial charge in [0.05, 0.1) is 29.0 Å². The highest BCUT2D eigenvalue weighted by Crippen LogP contribution is 2.09. The molecule has 2 aromatic rings. The molecule has 0 aliphatic heterocycles. The fourth-order valence-corrected chi connectivity index (χ4v) is 1.74. The standard InChI is InChI=1S/C15H14N4O/c1-2-19(10-9-16)15(20)8-7-12-11-17-13-5-3-4-6-14(13)18-12/h3-8,11H,2,10H2,1H3. The van der Waals surface area contributed by atoms with Crippen LogP contribution in [0.1, 0.15) is 12.6 Å². The Labute approximate surface area is 117 Å². The van der Waals surface area contributed by atoms with Crippen LogP contribution >= 0.6 is 0 Å². The summed E-state index contributed by atoms with van der Waals surface area (Å²) >= 11 is 0. The minimum atomic E-state index is -0.205. The van der Waals surface area contributed by atoms with Gasteiger partial charge in [-0.1, -0.05) is 12.1 Å². The molecule has 0 saturated heterocycles. The molecule has 0 unspecified atom stereocenters. The van der Waals surface area contributed by atoms with Crippen LogP contribution in [0.4, 0.5) is 0 Å². The first-order valence-corrected chi connectivity index (χ1v) is 6.30. The first kappa shape index (κ1) is 13.7. The monoisotopic (exact) mass is 266 g/mol. The van der Waals surface area contributed by atoms with Gasteiger partial charge in [0, 0.05) is 12.6 Å². The van der Waals surface area contributed by atoms with E-state index in [0.29, 0.717) is 12.2 Å². The summed E-state index contributed by atoms with van der Waals surface area (Å²) in [6.07, 6.45) is 4.65. The first-order valence-electron chi connectivity index (χ1n) is 6.30. The van der Waals surface area contributed by atoms with Crippen molar-refractivity contribution in [2.45, 2.75) is 6.92 Å². The third-order valence-electron chi connectivity index (χ3n) is 2.82. The molecular weight excluding hydrogens is 252 g/mol. The Hall–Kier alpha value is -2.74. The zero-order valence-electron chi connectivity index (χ0n) is 11.2. The average molecular weight is 266 g/mol. The molecule has 5 nitrogen and oxygen atoms in total. The van der Waals surface area contributed by atoms with Crippen molar-refractivity contribution in [2.75, 3.05) is 13.1 Å². The van der Waals surface area contributed by atoms with E-state index in [1.165, 1.54) is 11.0 Å². The molecule has 1 amide bonds. The third kappa shape index (κ3) is 3.18. The summed E-state index contributed by atoms with van der Waals surface area (Å²) in [7, 11) is 0. The Morgan fingerprint density at radius 2 is 2.15 bits per heavy atom. The number of amides is 1. The van der Waals surface area contributed by atoms with Crippen LogP contribution in [0, 0.1) is 11.3 Å². The smallest absolute Gasteiger partial charge is 0.247 e. The van der Waals surface area contributed by atoms with E-state index in [4.69, 9.17) is 5.26 Å². The number of carbonyl (C=O) groups is 1. The zero-order chi connectivity index (χ0) is 14.4. The number of nitriles is 1. The summed E-state index contributed by atoms with van der Waals surface area (Å²) in [6, 6.07) is 9.51. The molecule has 0 saturated carbocycles. The van der Waals surface area contributed by atoms with Crippen LogP contribution in [0.25, 0.3) is 17.1 Å². The predicted octanol–water partition coefficient (Wildman–Crippen LogP) is 2.02. The highest BCUT2D eigenvalue weighted by molar-refractivity contribution is 5.91. The molecular formula is C15H14N4O. The van der Waals surface area contributed by atoms with Crippen LogP contribution in [0.5, 0.6) is 0 Å². The maximum atomic E-state index is 11.8. The third-order valence-corrected chi connectivity index (χ3v) is 2.82. The Kier molecular flexibility index (Phi) is 4.40. The van der Waals surface area contributed by atoms with Crippen LogP contribution < -0.4 is 0 Å². The second-order valence-corrected chi connectivity index (χ2v) is 4.13. The number of carbonyl (C=O) groups excluding carboxylic acids is 1. The molecule has 0 aliphatic rings. The van der Waals surface area contributed by atoms with Gasteiger partial charge in [-0.05, 0) is 25.1 Å². The van der Waals surface area contributed by atoms with E-state index < -0.39 is 0 Å². The molecule has 0 atom stereocenters. The predicted molar refractivity (Wildman–Crippen MR) is 76.4 cm³/mol. The van der Waals surface area contributed by atoms with E-state index in [2.05, 4.69) is 9.97 Å². The summed E-state index contributed by atoms with van der Waals surface area (Å²) < 4.78 is 0. The van der Waals surface area contributed by atoms with Crippen molar-refractivity contribution < 1.29 is 4.79 Å². The summed E-state index contributed by atoms with van der Waals surface area (Å²) in [5.41, 5.74) is 2.21. The second kappa shape index (κ2) is 6.43. The van der Waals surface area contributed by atoms with Crippen LogP contribution in [0.3, 0.4) is 0 Å². The normalized spacial score (nSPS) is 10.6. The van der Waals surface area contributed by atoms with Gasteiger partial charge in [0.1, 0.15) is 6.54 Å². The number of para-hydroxylation sites is 2. The van der Waals surface area contributed by atoms with Crippen molar-refractivity contribution in [3.63, 3.8) is 0 Å². The minimum absolute atomic E-state index is 0.0864. The Morgan fingerprint density at radius 3 is 2.85 bits per heavy atom. The summed E-state index contributed by atoms with van der Waals surface area (Å²) in [5.74, 6) is -0.205. The van der Waals surface area contributed by atoms with E-state index in [0.717, 1.165) is 11.0 Å². The number of hydrogen-bond donors (Lipinski definition) is 0. The highest BCUT2D eigenvalue weighted by atomic mass is 16.2. The van der Waals surface area contributed by atoms with Gasteiger partial charge >= 0.3 is 0 Å². The fourth-order valence-electron chi connectivity index (χ4n) is 1.74. The average Bonchev–Trinajstić information content (AvgIpc) is 2.50. The molecule has 1 heterocycles. The summed E-state index contributed by atoms with van der Waals surface area (Å²) in [5, 5.41) is 8.63. The lowest BCUT2D eigenvalue weighted by molar-refractivity contribution is -0.125. The Morgan fingerprint density at radius 1 is 1.40 bits per heavy atom. The van der Waals surface area contributed by atoms with Crippen molar-refractivity contribution >= 4 is 23.0 Å². The fraction of sp³-hybridized carbons (Fsp3) is 0.200. The molecule has 0 bridgehead atoms. The molecule has 1 aromatic carbocycles. The van der Waals surface area contributed by atoms with Crippen molar-refractivity contribution in [3.05, 3.63) is 42.2 Å². The summed E-state index contributed by atoms with van der Waals surface area (Å²) in [6.45, 7) is 2.42. The van der Waals surface area contributed by atoms with Crippen LogP contribution in [-0.2, 0) is 4.79 Å². The van der Waals surface area contributed by atoms with Gasteiger partial charge < -0.3 is 4.90 Å². The molecule has 0 radical (unpaired) electrons. The number of fused-ring (bicyclic) bond motifs is 1. The van der Waals surface area contributed by atoms with Crippen LogP contribution in [-0.4, -0.2) is 33.9 Å². The molecule has 5 heteroatoms. The van der Waals surface area contributed by atoms with Crippen LogP contribution in [0.2, 0.25) is 0 Å². The lowest BCUT2D eigenvalue weighted by Crippen LogP contribution is -2.29. The van der Waals surface area contributed by atoms with Gasteiger partial charge in [0.15, 0.2) is 0 Å². The molecule has 0 spiro atoms. The molecule has 20 heavy (non-hydrogen) atoms. The number of nitrogens with zero attached hydrogens (tertiary/aromatic N) is 4. The quantitative estimate of drug-likeness (QED) is 0.627. The van der Waals surface area contributed by atoms with Gasteiger partial charge in [0.2, 0.25) is 5.91 Å². The molecule has 100 valence electrons. The number of likely N-dealkylation sites (N-methyl/N-ethyl adjacent to an activating group) is 1. The van der Waals surface area contributed by atoms with Crippen LogP contribution in [0.15, 0.2) is 36.5 Å². The SMILES string of the molecule is CCN(CC#N)C(=O)C=Cc1cnc2ccccc2n1. The van der Waals surface area contributed by atoms with E-state index in [-0.39, 0.29) is 12.5 Å². The highest BCUT2D eigenvalue weighted by Gasteiger charge is 2.06. The maximum Gasteiger partial charge on any atom is 0.247 e. The number of aromatic nitrogens is 2. The van der Waals surface area contributed by atoms with Crippen molar-refractivity contribution in [1.29, 1.82) is 5.26 Å². The molecule has 0 aliphatic carbocycles. The lowest BCUT2D eigenvalue weighted by Gasteiger charge is -2.14. The number of rotatable bonds is 4. The Bertz CT molecular complexity index is 688. The van der Waals surface area contributed by atoms with E-state index >= 15 is 0 Å². The number of benzene rings is 1. The van der Waals surface area contributed by atoms with Gasteiger partial charge in [-0.3, -0.25) is 9.78 Å². The first-order chi connectivity index (χ1) is 9.74. The molecule has 0 fully saturated rings. The lowest BCUT2D eigenvalue weighted by atomic mass is 10.3. The molecule has 0 N–H and O–H groups in total. The van der Waals surface area contributed by atoms with Gasteiger partial charge in [-0.25, -0.2) is 4.98 Å². The zero-order valence-corrected chi connectivity index (χ0v) is 11.2. The van der Waals surface area contributed by atoms with E-state index in [1.54, 1.807) is 12.3 Å². The minimum Gasteiger partial charge on any atom is -0.326 e. The largest absolute Gasteiger partial charge is 0.326 e. The van der Waals surface area contributed by atoms with E-state index in [1.807, 2.05) is 37.3 Å². The van der Waals surface area contributed by atoms with E-state index in [9.17, 15) is 4.79 Å². The molecule has 2 rings (SSSR count). The number of hydrogen-bond acceptors (Lipinski definition) is 4. The molecule has 1 aromatic heterocycles. The van der Waals surface area contributed by atoms with Gasteiger partial charge in [0.25, 0.3) is 0 Å². The maximum absolute atomic E-state index is 11.8. The summed E-state index contributed by atoms with van der Waals surface area (Å²) in [4.78, 5) is 22.0. The van der Waals surface area contributed by atoms with Crippen molar-refractivity contribution in [2.24, 2.45) is 0 Å². The topological polar surface area (TPSA) is 69.9 Å².